The summed E-state index contributed by atoms with van der Waals surface area (Å²) in [6, 6.07) is 9.97. The molecule has 0 radical (unpaired) electrons. The number of hydrogen-bond acceptors (Lipinski definition) is 7. The zero-order valence-electron chi connectivity index (χ0n) is 22.0. The van der Waals surface area contributed by atoms with Crippen molar-refractivity contribution in [3.63, 3.8) is 0 Å². The highest BCUT2D eigenvalue weighted by atomic mass is 19.4. The predicted molar refractivity (Wildman–Crippen MR) is 135 cm³/mol. The highest BCUT2D eigenvalue weighted by Gasteiger charge is 2.32. The lowest BCUT2D eigenvalue weighted by Crippen LogP contribution is -2.39. The first-order valence-corrected chi connectivity index (χ1v) is 12.1. The SMILES string of the molecule is CCOC(=O)C(C)(C)Oc1ccc(OCc2cnc(-c3ccc(C(F)(F)F)cc3)nc2CCOC)cc1C. The van der Waals surface area contributed by atoms with Gasteiger partial charge in [0.25, 0.3) is 0 Å². The topological polar surface area (TPSA) is 79.8 Å². The molecule has 204 valence electrons. The Kier molecular flexibility index (Phi) is 9.32. The summed E-state index contributed by atoms with van der Waals surface area (Å²) in [5.74, 6) is 0.965. The Labute approximate surface area is 219 Å². The molecule has 0 fully saturated rings. The van der Waals surface area contributed by atoms with E-state index < -0.39 is 23.3 Å². The normalized spacial score (nSPS) is 11.8. The number of esters is 1. The van der Waals surface area contributed by atoms with Crippen molar-refractivity contribution in [1.82, 2.24) is 9.97 Å². The third kappa shape index (κ3) is 7.44. The lowest BCUT2D eigenvalue weighted by molar-refractivity contribution is -0.158. The summed E-state index contributed by atoms with van der Waals surface area (Å²) in [7, 11) is 1.57. The number of ether oxygens (including phenoxy) is 4. The number of benzene rings is 2. The molecule has 0 amide bonds. The van der Waals surface area contributed by atoms with Crippen LogP contribution in [0.2, 0.25) is 0 Å². The molecular formula is C28H31F3N2O5. The average Bonchev–Trinajstić information content (AvgIpc) is 2.87. The third-order valence-corrected chi connectivity index (χ3v) is 5.64. The van der Waals surface area contributed by atoms with Gasteiger partial charge in [-0.25, -0.2) is 14.8 Å². The second-order valence-corrected chi connectivity index (χ2v) is 9.03. The molecule has 3 rings (SSSR count). The zero-order valence-corrected chi connectivity index (χ0v) is 22.0. The van der Waals surface area contributed by atoms with E-state index in [4.69, 9.17) is 18.9 Å². The van der Waals surface area contributed by atoms with Crippen LogP contribution in [0.3, 0.4) is 0 Å². The number of aryl methyl sites for hydroxylation is 1. The Morgan fingerprint density at radius 1 is 1.05 bits per heavy atom. The number of carbonyl (C=O) groups excluding carboxylic acids is 1. The Hall–Kier alpha value is -3.66. The maximum atomic E-state index is 12.9. The number of rotatable bonds is 11. The molecule has 3 aromatic rings. The van der Waals surface area contributed by atoms with Crippen molar-refractivity contribution in [1.29, 1.82) is 0 Å². The molecule has 0 saturated carbocycles. The summed E-state index contributed by atoms with van der Waals surface area (Å²) in [5, 5.41) is 0. The molecule has 7 nitrogen and oxygen atoms in total. The van der Waals surface area contributed by atoms with Crippen LogP contribution in [0.4, 0.5) is 13.2 Å². The molecule has 2 aromatic carbocycles. The third-order valence-electron chi connectivity index (χ3n) is 5.64. The van der Waals surface area contributed by atoms with E-state index in [9.17, 15) is 18.0 Å². The van der Waals surface area contributed by atoms with Gasteiger partial charge in [0.15, 0.2) is 11.4 Å². The molecule has 1 aromatic heterocycles. The van der Waals surface area contributed by atoms with Gasteiger partial charge in [-0.15, -0.1) is 0 Å². The maximum absolute atomic E-state index is 12.9. The van der Waals surface area contributed by atoms with Gasteiger partial charge < -0.3 is 18.9 Å². The number of methoxy groups -OCH3 is 1. The van der Waals surface area contributed by atoms with Gasteiger partial charge >= 0.3 is 12.1 Å². The molecule has 0 aliphatic heterocycles. The smallest absolute Gasteiger partial charge is 0.416 e. The molecule has 0 N–H and O–H groups in total. The van der Waals surface area contributed by atoms with Crippen LogP contribution in [0.25, 0.3) is 11.4 Å². The summed E-state index contributed by atoms with van der Waals surface area (Å²) < 4.78 is 60.8. The van der Waals surface area contributed by atoms with Gasteiger partial charge in [0.05, 0.1) is 24.5 Å². The highest BCUT2D eigenvalue weighted by Crippen LogP contribution is 2.31. The summed E-state index contributed by atoms with van der Waals surface area (Å²) >= 11 is 0. The van der Waals surface area contributed by atoms with E-state index in [1.807, 2.05) is 6.92 Å². The molecule has 0 saturated heterocycles. The second-order valence-electron chi connectivity index (χ2n) is 9.03. The first kappa shape index (κ1) is 28.9. The molecule has 1 heterocycles. The molecular weight excluding hydrogens is 501 g/mol. The molecule has 10 heteroatoms. The fraction of sp³-hybridized carbons (Fsp3) is 0.393. The lowest BCUT2D eigenvalue weighted by Gasteiger charge is -2.25. The van der Waals surface area contributed by atoms with Crippen LogP contribution in [-0.2, 0) is 33.5 Å². The largest absolute Gasteiger partial charge is 0.489 e. The van der Waals surface area contributed by atoms with Crippen molar-refractivity contribution in [2.24, 2.45) is 0 Å². The maximum Gasteiger partial charge on any atom is 0.416 e. The van der Waals surface area contributed by atoms with Crippen molar-refractivity contribution in [2.45, 2.75) is 52.5 Å². The second kappa shape index (κ2) is 12.3. The van der Waals surface area contributed by atoms with Crippen LogP contribution in [-0.4, -0.2) is 41.9 Å². The molecule has 0 bridgehead atoms. The number of alkyl halides is 3. The van der Waals surface area contributed by atoms with Gasteiger partial charge in [-0.2, -0.15) is 13.2 Å². The number of nitrogens with zero attached hydrogens (tertiary/aromatic N) is 2. The average molecular weight is 533 g/mol. The standard InChI is InChI=1S/C28H31F3N2O5/c1-6-36-26(34)27(3,4)38-24-12-11-22(15-18(24)2)37-17-20-16-32-25(33-23(20)13-14-35-5)19-7-9-21(10-8-19)28(29,30)31/h7-12,15-16H,6,13-14,17H2,1-5H3. The van der Waals surface area contributed by atoms with E-state index in [0.717, 1.165) is 23.3 Å². The Balaban J connectivity index is 1.75. The number of hydrogen-bond donors (Lipinski definition) is 0. The van der Waals surface area contributed by atoms with Gasteiger partial charge in [0, 0.05) is 30.9 Å². The van der Waals surface area contributed by atoms with Gasteiger partial charge in [0.1, 0.15) is 18.1 Å². The number of halogens is 3. The van der Waals surface area contributed by atoms with Crippen molar-refractivity contribution in [3.05, 3.63) is 71.0 Å². The Bertz CT molecular complexity index is 1240. The molecule has 0 aliphatic carbocycles. The fourth-order valence-electron chi connectivity index (χ4n) is 3.53. The highest BCUT2D eigenvalue weighted by molar-refractivity contribution is 5.79. The van der Waals surface area contributed by atoms with Gasteiger partial charge in [-0.1, -0.05) is 12.1 Å². The van der Waals surface area contributed by atoms with E-state index >= 15 is 0 Å². The van der Waals surface area contributed by atoms with Crippen LogP contribution in [0.5, 0.6) is 11.5 Å². The van der Waals surface area contributed by atoms with E-state index in [1.165, 1.54) is 12.1 Å². The van der Waals surface area contributed by atoms with Crippen molar-refractivity contribution >= 4 is 5.97 Å². The first-order valence-electron chi connectivity index (χ1n) is 12.1. The van der Waals surface area contributed by atoms with Crippen molar-refractivity contribution in [2.75, 3.05) is 20.3 Å². The minimum Gasteiger partial charge on any atom is -0.489 e. The van der Waals surface area contributed by atoms with E-state index in [-0.39, 0.29) is 13.2 Å². The summed E-state index contributed by atoms with van der Waals surface area (Å²) in [5.41, 5.74) is 0.756. The van der Waals surface area contributed by atoms with Crippen molar-refractivity contribution < 1.29 is 36.9 Å². The quantitative estimate of drug-likeness (QED) is 0.282. The summed E-state index contributed by atoms with van der Waals surface area (Å²) in [6.45, 7) is 7.70. The van der Waals surface area contributed by atoms with Crippen molar-refractivity contribution in [3.8, 4) is 22.9 Å². The zero-order chi connectivity index (χ0) is 27.9. The van der Waals surface area contributed by atoms with E-state index in [0.29, 0.717) is 41.6 Å². The lowest BCUT2D eigenvalue weighted by atomic mass is 10.1. The molecule has 0 aliphatic rings. The fourth-order valence-corrected chi connectivity index (χ4v) is 3.53. The minimum absolute atomic E-state index is 0.167. The summed E-state index contributed by atoms with van der Waals surface area (Å²) in [6.07, 6.45) is -2.33. The van der Waals surface area contributed by atoms with E-state index in [2.05, 4.69) is 9.97 Å². The Morgan fingerprint density at radius 2 is 1.76 bits per heavy atom. The first-order chi connectivity index (χ1) is 17.9. The molecule has 0 spiro atoms. The predicted octanol–water partition coefficient (Wildman–Crippen LogP) is 5.96. The van der Waals surface area contributed by atoms with Gasteiger partial charge in [-0.3, -0.25) is 0 Å². The van der Waals surface area contributed by atoms with Crippen LogP contribution < -0.4 is 9.47 Å². The van der Waals surface area contributed by atoms with Gasteiger partial charge in [-0.05, 0) is 63.6 Å². The van der Waals surface area contributed by atoms with E-state index in [1.54, 1.807) is 52.3 Å². The number of carbonyl (C=O) groups is 1. The molecule has 38 heavy (non-hydrogen) atoms. The summed E-state index contributed by atoms with van der Waals surface area (Å²) in [4.78, 5) is 21.1. The van der Waals surface area contributed by atoms with Crippen LogP contribution in [0.15, 0.2) is 48.7 Å². The molecule has 0 atom stereocenters. The number of aromatic nitrogens is 2. The minimum atomic E-state index is -4.41. The van der Waals surface area contributed by atoms with Crippen LogP contribution >= 0.6 is 0 Å². The van der Waals surface area contributed by atoms with Crippen LogP contribution in [0, 0.1) is 6.92 Å². The Morgan fingerprint density at radius 3 is 2.37 bits per heavy atom. The van der Waals surface area contributed by atoms with Crippen LogP contribution in [0.1, 0.15) is 43.2 Å². The monoisotopic (exact) mass is 532 g/mol. The molecule has 0 unspecified atom stereocenters. The van der Waals surface area contributed by atoms with Gasteiger partial charge in [0.2, 0.25) is 0 Å².